The molecule has 0 unspecified atom stereocenters. The fraction of sp³-hybridized carbons (Fsp3) is 0.222. The van der Waals surface area contributed by atoms with Gasteiger partial charge in [-0.1, -0.05) is 0 Å². The highest BCUT2D eigenvalue weighted by Gasteiger charge is 2.03. The van der Waals surface area contributed by atoms with Gasteiger partial charge in [0.15, 0.2) is 0 Å². The maximum Gasteiger partial charge on any atom is 0.409 e. The van der Waals surface area contributed by atoms with Crippen molar-refractivity contribution >= 4 is 17.0 Å². The van der Waals surface area contributed by atoms with Crippen molar-refractivity contribution in [3.8, 4) is 11.5 Å². The highest BCUT2D eigenvalue weighted by Crippen LogP contribution is 2.23. The van der Waals surface area contributed by atoms with Gasteiger partial charge in [-0.3, -0.25) is 0 Å². The molecule has 0 heterocycles. The molecule has 4 heteroatoms. The summed E-state index contributed by atoms with van der Waals surface area (Å²) < 4.78 is 9.70. The number of rotatable bonds is 2. The Morgan fingerprint density at radius 3 is 2.62 bits per heavy atom. The SMILES string of the molecule is COc1ccc(OC(=O)Cl)cc1C. The second kappa shape index (κ2) is 4.14. The van der Waals surface area contributed by atoms with Crippen LogP contribution in [0.15, 0.2) is 18.2 Å². The summed E-state index contributed by atoms with van der Waals surface area (Å²) >= 11 is 5.05. The van der Waals surface area contributed by atoms with E-state index in [0.29, 0.717) is 5.75 Å². The second-order valence-corrected chi connectivity index (χ2v) is 2.78. The summed E-state index contributed by atoms with van der Waals surface area (Å²) in [4.78, 5) is 10.4. The molecule has 1 rings (SSSR count). The Balaban J connectivity index is 2.89. The summed E-state index contributed by atoms with van der Waals surface area (Å²) in [5, 5.41) is 0. The fourth-order valence-corrected chi connectivity index (χ4v) is 1.10. The Bertz CT molecular complexity index is 323. The first-order valence-corrected chi connectivity index (χ1v) is 4.03. The molecule has 70 valence electrons. The van der Waals surface area contributed by atoms with Crippen molar-refractivity contribution in [1.82, 2.24) is 0 Å². The molecule has 0 spiro atoms. The quantitative estimate of drug-likeness (QED) is 0.689. The van der Waals surface area contributed by atoms with E-state index in [9.17, 15) is 4.79 Å². The molecule has 0 saturated carbocycles. The number of aryl methyl sites for hydroxylation is 1. The van der Waals surface area contributed by atoms with Crippen LogP contribution in [0.3, 0.4) is 0 Å². The van der Waals surface area contributed by atoms with Gasteiger partial charge in [0, 0.05) is 11.6 Å². The first-order chi connectivity index (χ1) is 6.13. The van der Waals surface area contributed by atoms with E-state index in [2.05, 4.69) is 4.74 Å². The molecule has 0 radical (unpaired) electrons. The van der Waals surface area contributed by atoms with Gasteiger partial charge in [0.1, 0.15) is 11.5 Å². The van der Waals surface area contributed by atoms with Crippen LogP contribution in [-0.4, -0.2) is 12.5 Å². The van der Waals surface area contributed by atoms with Gasteiger partial charge in [-0.2, -0.15) is 0 Å². The molecule has 1 aromatic rings. The highest BCUT2D eigenvalue weighted by molar-refractivity contribution is 6.61. The summed E-state index contributed by atoms with van der Waals surface area (Å²) in [6, 6.07) is 5.01. The summed E-state index contributed by atoms with van der Waals surface area (Å²) in [5.74, 6) is 1.16. The molecule has 13 heavy (non-hydrogen) atoms. The van der Waals surface area contributed by atoms with Crippen molar-refractivity contribution in [3.05, 3.63) is 23.8 Å². The molecule has 0 aliphatic carbocycles. The van der Waals surface area contributed by atoms with Gasteiger partial charge in [0.05, 0.1) is 7.11 Å². The largest absolute Gasteiger partial charge is 0.496 e. The number of benzene rings is 1. The summed E-state index contributed by atoms with van der Waals surface area (Å²) in [6.45, 7) is 1.85. The predicted octanol–water partition coefficient (Wildman–Crippen LogP) is 2.74. The molecule has 0 fully saturated rings. The topological polar surface area (TPSA) is 35.5 Å². The van der Waals surface area contributed by atoms with Crippen LogP contribution in [-0.2, 0) is 0 Å². The van der Waals surface area contributed by atoms with E-state index < -0.39 is 5.43 Å². The minimum absolute atomic E-state index is 0.415. The van der Waals surface area contributed by atoms with Crippen LogP contribution in [0, 0.1) is 6.92 Å². The third-order valence-corrected chi connectivity index (χ3v) is 1.64. The molecular formula is C9H9ClO3. The smallest absolute Gasteiger partial charge is 0.409 e. The van der Waals surface area contributed by atoms with Gasteiger partial charge in [-0.15, -0.1) is 0 Å². The first-order valence-electron chi connectivity index (χ1n) is 3.65. The number of hydrogen-bond acceptors (Lipinski definition) is 3. The van der Waals surface area contributed by atoms with Crippen molar-refractivity contribution in [2.45, 2.75) is 6.92 Å². The molecule has 0 N–H and O–H groups in total. The van der Waals surface area contributed by atoms with E-state index in [0.717, 1.165) is 11.3 Å². The lowest BCUT2D eigenvalue weighted by molar-refractivity contribution is 0.225. The zero-order valence-corrected chi connectivity index (χ0v) is 8.09. The van der Waals surface area contributed by atoms with Crippen molar-refractivity contribution in [3.63, 3.8) is 0 Å². The minimum atomic E-state index is -0.843. The number of hydrogen-bond donors (Lipinski definition) is 0. The van der Waals surface area contributed by atoms with E-state index in [-0.39, 0.29) is 0 Å². The van der Waals surface area contributed by atoms with Gasteiger partial charge in [0.2, 0.25) is 0 Å². The lowest BCUT2D eigenvalue weighted by Crippen LogP contribution is -1.96. The van der Waals surface area contributed by atoms with Crippen molar-refractivity contribution in [2.24, 2.45) is 0 Å². The average molecular weight is 201 g/mol. The molecule has 0 bridgehead atoms. The third-order valence-electron chi connectivity index (χ3n) is 1.56. The normalized spacial score (nSPS) is 9.46. The predicted molar refractivity (Wildman–Crippen MR) is 49.6 cm³/mol. The first kappa shape index (κ1) is 9.86. The van der Waals surface area contributed by atoms with E-state index in [4.69, 9.17) is 16.3 Å². The van der Waals surface area contributed by atoms with Gasteiger partial charge in [-0.25, -0.2) is 4.79 Å². The van der Waals surface area contributed by atoms with Crippen LogP contribution < -0.4 is 9.47 Å². The number of halogens is 1. The number of ether oxygens (including phenoxy) is 2. The summed E-state index contributed by atoms with van der Waals surface area (Å²) in [5.41, 5.74) is 0.0440. The van der Waals surface area contributed by atoms with Gasteiger partial charge < -0.3 is 9.47 Å². The van der Waals surface area contributed by atoms with Crippen molar-refractivity contribution in [1.29, 1.82) is 0 Å². The maximum absolute atomic E-state index is 10.4. The maximum atomic E-state index is 10.4. The van der Waals surface area contributed by atoms with Crippen LogP contribution in [0.4, 0.5) is 4.79 Å². The van der Waals surface area contributed by atoms with E-state index in [1.165, 1.54) is 0 Å². The van der Waals surface area contributed by atoms with Crippen molar-refractivity contribution < 1.29 is 14.3 Å². The Labute approximate surface area is 81.2 Å². The van der Waals surface area contributed by atoms with E-state index in [1.54, 1.807) is 25.3 Å². The number of carbonyl (C=O) groups excluding carboxylic acids is 1. The third kappa shape index (κ3) is 2.63. The number of methoxy groups -OCH3 is 1. The fourth-order valence-electron chi connectivity index (χ4n) is 1.01. The Kier molecular flexibility index (Phi) is 3.14. The molecule has 3 nitrogen and oxygen atoms in total. The van der Waals surface area contributed by atoms with Gasteiger partial charge >= 0.3 is 5.43 Å². The Hall–Kier alpha value is -1.22. The molecular weight excluding hydrogens is 192 g/mol. The molecule has 0 amide bonds. The zero-order valence-electron chi connectivity index (χ0n) is 7.33. The van der Waals surface area contributed by atoms with Crippen LogP contribution in [0.5, 0.6) is 11.5 Å². The molecule has 0 aliphatic rings. The Morgan fingerprint density at radius 1 is 1.46 bits per heavy atom. The van der Waals surface area contributed by atoms with E-state index in [1.807, 2.05) is 6.92 Å². The lowest BCUT2D eigenvalue weighted by atomic mass is 10.2. The Morgan fingerprint density at radius 2 is 2.15 bits per heavy atom. The van der Waals surface area contributed by atoms with Gasteiger partial charge in [-0.05, 0) is 30.7 Å². The molecule has 0 saturated heterocycles. The monoisotopic (exact) mass is 200 g/mol. The minimum Gasteiger partial charge on any atom is -0.496 e. The summed E-state index contributed by atoms with van der Waals surface area (Å²) in [7, 11) is 1.58. The standard InChI is InChI=1S/C9H9ClO3/c1-6-5-7(13-9(10)11)3-4-8(6)12-2/h3-5H,1-2H3. The molecule has 0 atom stereocenters. The zero-order chi connectivity index (χ0) is 9.84. The van der Waals surface area contributed by atoms with Crippen LogP contribution in [0.2, 0.25) is 0 Å². The van der Waals surface area contributed by atoms with Crippen LogP contribution in [0.1, 0.15) is 5.56 Å². The lowest BCUT2D eigenvalue weighted by Gasteiger charge is -2.05. The van der Waals surface area contributed by atoms with Crippen LogP contribution >= 0.6 is 11.6 Å². The van der Waals surface area contributed by atoms with Crippen LogP contribution in [0.25, 0.3) is 0 Å². The summed E-state index contributed by atoms with van der Waals surface area (Å²) in [6.07, 6.45) is 0. The molecule has 1 aromatic carbocycles. The molecule has 0 aliphatic heterocycles. The number of carbonyl (C=O) groups is 1. The van der Waals surface area contributed by atoms with E-state index >= 15 is 0 Å². The second-order valence-electron chi connectivity index (χ2n) is 2.47. The highest BCUT2D eigenvalue weighted by atomic mass is 35.5. The average Bonchev–Trinajstić information content (AvgIpc) is 2.03. The van der Waals surface area contributed by atoms with Gasteiger partial charge in [0.25, 0.3) is 0 Å². The molecule has 0 aromatic heterocycles. The van der Waals surface area contributed by atoms with Crippen molar-refractivity contribution in [2.75, 3.05) is 7.11 Å².